The normalized spacial score (nSPS) is 10.2. The first-order valence-electron chi connectivity index (χ1n) is 8.46. The standard InChI is InChI=1S/C19H23N3O4/c1-21(16-7-3-2-4-8-16)14-6-5-13-20-19(23)15-26-18-11-9-17(10-12-18)22(24)25/h2-4,7-12H,5-6,13-15H2,1H3,(H,20,23). The SMILES string of the molecule is CN(CCCCNC(=O)COc1ccc([N+](=O)[O-])cc1)c1ccccc1. The zero-order valence-electron chi connectivity index (χ0n) is 14.8. The monoisotopic (exact) mass is 357 g/mol. The zero-order valence-corrected chi connectivity index (χ0v) is 14.8. The Morgan fingerprint density at radius 3 is 2.46 bits per heavy atom. The highest BCUT2D eigenvalue weighted by Crippen LogP contribution is 2.17. The summed E-state index contributed by atoms with van der Waals surface area (Å²) in [7, 11) is 2.05. The Morgan fingerprint density at radius 1 is 1.12 bits per heavy atom. The number of hydrogen-bond donors (Lipinski definition) is 1. The minimum absolute atomic E-state index is 0.0118. The summed E-state index contributed by atoms with van der Waals surface area (Å²) in [6.07, 6.45) is 1.84. The predicted molar refractivity (Wildman–Crippen MR) is 101 cm³/mol. The van der Waals surface area contributed by atoms with E-state index in [-0.39, 0.29) is 18.2 Å². The van der Waals surface area contributed by atoms with Crippen molar-refractivity contribution in [1.29, 1.82) is 0 Å². The van der Waals surface area contributed by atoms with Crippen LogP contribution >= 0.6 is 0 Å². The van der Waals surface area contributed by atoms with Crippen molar-refractivity contribution in [3.63, 3.8) is 0 Å². The van der Waals surface area contributed by atoms with Crippen LogP contribution in [0.4, 0.5) is 11.4 Å². The Hall–Kier alpha value is -3.09. The Morgan fingerprint density at radius 2 is 1.81 bits per heavy atom. The Balaban J connectivity index is 1.58. The maximum Gasteiger partial charge on any atom is 0.269 e. The van der Waals surface area contributed by atoms with Gasteiger partial charge in [-0.15, -0.1) is 0 Å². The van der Waals surface area contributed by atoms with Crippen LogP contribution in [-0.2, 0) is 4.79 Å². The smallest absolute Gasteiger partial charge is 0.269 e. The molecule has 0 bridgehead atoms. The third-order valence-corrected chi connectivity index (χ3v) is 3.86. The van der Waals surface area contributed by atoms with Crippen LogP contribution < -0.4 is 15.0 Å². The number of benzene rings is 2. The lowest BCUT2D eigenvalue weighted by Gasteiger charge is -2.19. The number of carbonyl (C=O) groups excluding carboxylic acids is 1. The molecule has 0 aliphatic rings. The van der Waals surface area contributed by atoms with Gasteiger partial charge in [-0.1, -0.05) is 18.2 Å². The molecule has 26 heavy (non-hydrogen) atoms. The number of ether oxygens (including phenoxy) is 1. The zero-order chi connectivity index (χ0) is 18.8. The van der Waals surface area contributed by atoms with Crippen molar-refractivity contribution in [2.45, 2.75) is 12.8 Å². The van der Waals surface area contributed by atoms with Crippen molar-refractivity contribution in [3.8, 4) is 5.75 Å². The third-order valence-electron chi connectivity index (χ3n) is 3.86. The summed E-state index contributed by atoms with van der Waals surface area (Å²) in [6.45, 7) is 1.39. The van der Waals surface area contributed by atoms with E-state index >= 15 is 0 Å². The number of hydrogen-bond acceptors (Lipinski definition) is 5. The van der Waals surface area contributed by atoms with Crippen LogP contribution in [0.5, 0.6) is 5.75 Å². The fraction of sp³-hybridized carbons (Fsp3) is 0.316. The molecule has 0 saturated heterocycles. The van der Waals surface area contributed by atoms with Crippen molar-refractivity contribution >= 4 is 17.3 Å². The molecule has 0 saturated carbocycles. The van der Waals surface area contributed by atoms with Gasteiger partial charge in [0.15, 0.2) is 6.61 Å². The van der Waals surface area contributed by atoms with Crippen molar-refractivity contribution in [3.05, 3.63) is 64.7 Å². The van der Waals surface area contributed by atoms with Crippen molar-refractivity contribution in [2.24, 2.45) is 0 Å². The summed E-state index contributed by atoms with van der Waals surface area (Å²) < 4.78 is 5.31. The maximum absolute atomic E-state index is 11.8. The highest BCUT2D eigenvalue weighted by Gasteiger charge is 2.06. The van der Waals surface area contributed by atoms with Gasteiger partial charge in [0.05, 0.1) is 4.92 Å². The number of amides is 1. The number of unbranched alkanes of at least 4 members (excludes halogenated alkanes) is 1. The number of nitro benzene ring substituents is 1. The van der Waals surface area contributed by atoms with Gasteiger partial charge in [0.1, 0.15) is 5.75 Å². The summed E-state index contributed by atoms with van der Waals surface area (Å²) in [5.74, 6) is 0.218. The quantitative estimate of drug-likeness (QED) is 0.401. The van der Waals surface area contributed by atoms with Crippen molar-refractivity contribution in [1.82, 2.24) is 5.32 Å². The molecular weight excluding hydrogens is 334 g/mol. The number of rotatable bonds is 10. The fourth-order valence-electron chi connectivity index (χ4n) is 2.38. The van der Waals surface area contributed by atoms with Gasteiger partial charge in [-0.3, -0.25) is 14.9 Å². The van der Waals surface area contributed by atoms with Gasteiger partial charge in [0.2, 0.25) is 0 Å². The number of nitro groups is 1. The number of carbonyl (C=O) groups is 1. The summed E-state index contributed by atoms with van der Waals surface area (Å²) >= 11 is 0. The van der Waals surface area contributed by atoms with E-state index in [1.807, 2.05) is 25.2 Å². The molecule has 0 spiro atoms. The van der Waals surface area contributed by atoms with Crippen LogP contribution in [0, 0.1) is 10.1 Å². The minimum Gasteiger partial charge on any atom is -0.484 e. The average Bonchev–Trinajstić information content (AvgIpc) is 2.67. The number of nitrogens with zero attached hydrogens (tertiary/aromatic N) is 2. The van der Waals surface area contributed by atoms with Crippen LogP contribution in [0.25, 0.3) is 0 Å². The second-order valence-corrected chi connectivity index (χ2v) is 5.85. The van der Waals surface area contributed by atoms with E-state index in [9.17, 15) is 14.9 Å². The van der Waals surface area contributed by atoms with E-state index in [2.05, 4.69) is 22.3 Å². The van der Waals surface area contributed by atoms with Gasteiger partial charge >= 0.3 is 0 Å². The lowest BCUT2D eigenvalue weighted by Crippen LogP contribution is -2.30. The van der Waals surface area contributed by atoms with Crippen LogP contribution in [0.1, 0.15) is 12.8 Å². The molecule has 0 unspecified atom stereocenters. The summed E-state index contributed by atoms with van der Waals surface area (Å²) in [4.78, 5) is 24.0. The van der Waals surface area contributed by atoms with Crippen molar-refractivity contribution < 1.29 is 14.5 Å². The third kappa shape index (κ3) is 6.43. The van der Waals surface area contributed by atoms with Gasteiger partial charge in [-0.25, -0.2) is 0 Å². The highest BCUT2D eigenvalue weighted by molar-refractivity contribution is 5.77. The largest absolute Gasteiger partial charge is 0.484 e. The van der Waals surface area contributed by atoms with E-state index < -0.39 is 4.92 Å². The maximum atomic E-state index is 11.8. The van der Waals surface area contributed by atoms with Crippen LogP contribution in [0.3, 0.4) is 0 Å². The molecule has 1 N–H and O–H groups in total. The lowest BCUT2D eigenvalue weighted by atomic mass is 10.2. The molecule has 138 valence electrons. The second-order valence-electron chi connectivity index (χ2n) is 5.85. The molecule has 0 aliphatic carbocycles. The lowest BCUT2D eigenvalue weighted by molar-refractivity contribution is -0.384. The van der Waals surface area contributed by atoms with Crippen LogP contribution in [0.2, 0.25) is 0 Å². The van der Waals surface area contributed by atoms with Crippen molar-refractivity contribution in [2.75, 3.05) is 31.6 Å². The first kappa shape index (κ1) is 19.2. The van der Waals surface area contributed by atoms with E-state index in [1.54, 1.807) is 0 Å². The Kier molecular flexibility index (Phi) is 7.42. The number of para-hydroxylation sites is 1. The second kappa shape index (κ2) is 10.0. The van der Waals surface area contributed by atoms with Gasteiger partial charge in [-0.2, -0.15) is 0 Å². The summed E-state index contributed by atoms with van der Waals surface area (Å²) in [5.41, 5.74) is 1.16. The van der Waals surface area contributed by atoms with E-state index in [0.29, 0.717) is 12.3 Å². The van der Waals surface area contributed by atoms with E-state index in [0.717, 1.165) is 19.4 Å². The highest BCUT2D eigenvalue weighted by atomic mass is 16.6. The molecule has 0 radical (unpaired) electrons. The minimum atomic E-state index is -0.480. The number of nitrogens with one attached hydrogen (secondary N) is 1. The first-order valence-corrected chi connectivity index (χ1v) is 8.46. The Labute approximate surface area is 152 Å². The van der Waals surface area contributed by atoms with Gasteiger partial charge < -0.3 is 15.0 Å². The fourth-order valence-corrected chi connectivity index (χ4v) is 2.38. The van der Waals surface area contributed by atoms with Crippen LogP contribution in [-0.4, -0.2) is 37.6 Å². The molecule has 2 rings (SSSR count). The molecule has 2 aromatic rings. The number of non-ortho nitro benzene ring substituents is 1. The molecule has 7 heteroatoms. The first-order chi connectivity index (χ1) is 12.6. The molecule has 0 fully saturated rings. The summed E-state index contributed by atoms with van der Waals surface area (Å²) in [5, 5.41) is 13.4. The Bertz CT molecular complexity index is 704. The molecule has 7 nitrogen and oxygen atoms in total. The molecule has 0 atom stereocenters. The van der Waals surface area contributed by atoms with Gasteiger partial charge in [-0.05, 0) is 37.1 Å². The van der Waals surface area contributed by atoms with E-state index in [1.165, 1.54) is 30.0 Å². The molecule has 0 aromatic heterocycles. The topological polar surface area (TPSA) is 84.7 Å². The average molecular weight is 357 g/mol. The predicted octanol–water partition coefficient (Wildman–Crippen LogP) is 3.01. The van der Waals surface area contributed by atoms with Gasteiger partial charge in [0, 0.05) is 38.0 Å². The van der Waals surface area contributed by atoms with E-state index in [4.69, 9.17) is 4.74 Å². The molecule has 0 aliphatic heterocycles. The summed E-state index contributed by atoms with van der Waals surface area (Å²) in [6, 6.07) is 15.8. The molecule has 1 amide bonds. The molecular formula is C19H23N3O4. The molecule has 0 heterocycles. The van der Waals surface area contributed by atoms with Crippen LogP contribution in [0.15, 0.2) is 54.6 Å². The molecule has 2 aromatic carbocycles. The number of anilines is 1. The van der Waals surface area contributed by atoms with Gasteiger partial charge in [0.25, 0.3) is 11.6 Å².